The highest BCUT2D eigenvalue weighted by Gasteiger charge is 2.21. The Morgan fingerprint density at radius 1 is 1.33 bits per heavy atom. The van der Waals surface area contributed by atoms with E-state index >= 15 is 0 Å². The fourth-order valence-electron chi connectivity index (χ4n) is 2.42. The predicted octanol–water partition coefficient (Wildman–Crippen LogP) is 1.87. The molecule has 3 rings (SSSR count). The highest BCUT2D eigenvalue weighted by molar-refractivity contribution is 5.85. The third-order valence-electron chi connectivity index (χ3n) is 3.52. The Hall–Kier alpha value is -1.85. The fourth-order valence-corrected chi connectivity index (χ4v) is 2.42. The smallest absolute Gasteiger partial charge is 0.237 e. The van der Waals surface area contributed by atoms with Crippen LogP contribution in [0.2, 0.25) is 0 Å². The van der Waals surface area contributed by atoms with E-state index in [1.807, 2.05) is 30.3 Å². The summed E-state index contributed by atoms with van der Waals surface area (Å²) in [6.07, 6.45) is 3.78. The molecule has 0 bridgehead atoms. The second-order valence-electron chi connectivity index (χ2n) is 4.98. The minimum absolute atomic E-state index is 0. The van der Waals surface area contributed by atoms with Crippen LogP contribution in [0.15, 0.2) is 36.5 Å². The first kappa shape index (κ1) is 15.5. The molecule has 1 aliphatic heterocycles. The third-order valence-corrected chi connectivity index (χ3v) is 3.52. The van der Waals surface area contributed by atoms with Gasteiger partial charge in [0.1, 0.15) is 5.82 Å². The van der Waals surface area contributed by atoms with Gasteiger partial charge >= 0.3 is 0 Å². The van der Waals surface area contributed by atoms with Crippen LogP contribution in [0.4, 0.5) is 0 Å². The van der Waals surface area contributed by atoms with Gasteiger partial charge in [0, 0.05) is 0 Å². The lowest BCUT2D eigenvalue weighted by molar-refractivity contribution is -0.122. The Labute approximate surface area is 130 Å². The molecular weight excluding hydrogens is 288 g/mol. The van der Waals surface area contributed by atoms with Crippen LogP contribution < -0.4 is 10.6 Å². The van der Waals surface area contributed by atoms with E-state index in [-0.39, 0.29) is 24.4 Å². The lowest BCUT2D eigenvalue weighted by atomic mass is 10.2. The van der Waals surface area contributed by atoms with Crippen LogP contribution >= 0.6 is 12.4 Å². The van der Waals surface area contributed by atoms with Gasteiger partial charge in [-0.1, -0.05) is 30.3 Å². The van der Waals surface area contributed by atoms with Gasteiger partial charge in [-0.15, -0.1) is 12.4 Å². The Bertz CT molecular complexity index is 578. The maximum absolute atomic E-state index is 11.9. The molecule has 1 aromatic carbocycles. The average Bonchev–Trinajstić information content (AvgIpc) is 3.17. The number of aromatic nitrogens is 2. The largest absolute Gasteiger partial charge is 0.348 e. The first-order chi connectivity index (χ1) is 9.83. The van der Waals surface area contributed by atoms with E-state index in [1.165, 1.54) is 0 Å². The van der Waals surface area contributed by atoms with Crippen LogP contribution in [-0.4, -0.2) is 28.5 Å². The van der Waals surface area contributed by atoms with Gasteiger partial charge in [-0.25, -0.2) is 4.98 Å². The molecule has 0 radical (unpaired) electrons. The minimum atomic E-state index is -0.0430. The standard InChI is InChI=1S/C15H18N4O.ClH/c20-15(12-7-4-8-16-12)18-10-14-17-9-13(19-14)11-5-2-1-3-6-11;/h1-3,5-6,9,12,16H,4,7-8,10H2,(H,17,19)(H,18,20);1H. The summed E-state index contributed by atoms with van der Waals surface area (Å²) in [6.45, 7) is 1.36. The fraction of sp³-hybridized carbons (Fsp3) is 0.333. The SMILES string of the molecule is Cl.O=C(NCc1ncc(-c2ccccc2)[nH]1)C1CCCN1. The van der Waals surface area contributed by atoms with Crippen LogP contribution in [-0.2, 0) is 11.3 Å². The van der Waals surface area contributed by atoms with E-state index in [1.54, 1.807) is 6.20 Å². The quantitative estimate of drug-likeness (QED) is 0.807. The molecule has 0 aliphatic carbocycles. The van der Waals surface area contributed by atoms with E-state index in [2.05, 4.69) is 20.6 Å². The second-order valence-corrected chi connectivity index (χ2v) is 4.98. The molecule has 1 aromatic heterocycles. The van der Waals surface area contributed by atoms with Gasteiger partial charge in [-0.05, 0) is 24.9 Å². The number of halogens is 1. The van der Waals surface area contributed by atoms with Crippen molar-refractivity contribution in [1.82, 2.24) is 20.6 Å². The number of carbonyl (C=O) groups is 1. The number of benzene rings is 1. The van der Waals surface area contributed by atoms with Gasteiger partial charge in [0.05, 0.1) is 24.5 Å². The van der Waals surface area contributed by atoms with Crippen molar-refractivity contribution in [3.05, 3.63) is 42.4 Å². The molecule has 1 saturated heterocycles. The molecule has 1 atom stereocenters. The molecule has 21 heavy (non-hydrogen) atoms. The zero-order chi connectivity index (χ0) is 13.8. The van der Waals surface area contributed by atoms with Crippen LogP contribution in [0.1, 0.15) is 18.7 Å². The highest BCUT2D eigenvalue weighted by atomic mass is 35.5. The number of nitrogens with zero attached hydrogens (tertiary/aromatic N) is 1. The predicted molar refractivity (Wildman–Crippen MR) is 84.1 cm³/mol. The Balaban J connectivity index is 0.00000161. The molecule has 2 heterocycles. The lowest BCUT2D eigenvalue weighted by Crippen LogP contribution is -2.40. The van der Waals surface area contributed by atoms with Crippen LogP contribution in [0, 0.1) is 0 Å². The van der Waals surface area contributed by atoms with E-state index in [9.17, 15) is 4.79 Å². The van der Waals surface area contributed by atoms with Crippen molar-refractivity contribution in [3.63, 3.8) is 0 Å². The van der Waals surface area contributed by atoms with E-state index in [0.717, 1.165) is 36.5 Å². The van der Waals surface area contributed by atoms with Crippen molar-refractivity contribution in [2.75, 3.05) is 6.54 Å². The summed E-state index contributed by atoms with van der Waals surface area (Å²) in [5, 5.41) is 6.09. The Kier molecular flexibility index (Phi) is 5.36. The molecule has 1 aliphatic rings. The molecule has 3 N–H and O–H groups in total. The number of imidazole rings is 1. The van der Waals surface area contributed by atoms with Crippen molar-refractivity contribution in [2.24, 2.45) is 0 Å². The van der Waals surface area contributed by atoms with E-state index < -0.39 is 0 Å². The molecule has 1 unspecified atom stereocenters. The Morgan fingerprint density at radius 2 is 2.14 bits per heavy atom. The highest BCUT2D eigenvalue weighted by Crippen LogP contribution is 2.15. The van der Waals surface area contributed by atoms with Gasteiger partial charge in [-0.2, -0.15) is 0 Å². The number of H-pyrrole nitrogens is 1. The van der Waals surface area contributed by atoms with Crippen molar-refractivity contribution in [1.29, 1.82) is 0 Å². The van der Waals surface area contributed by atoms with Crippen molar-refractivity contribution >= 4 is 18.3 Å². The summed E-state index contributed by atoms with van der Waals surface area (Å²) in [6, 6.07) is 9.97. The zero-order valence-corrected chi connectivity index (χ0v) is 12.5. The average molecular weight is 307 g/mol. The van der Waals surface area contributed by atoms with Crippen LogP contribution in [0.5, 0.6) is 0 Å². The van der Waals surface area contributed by atoms with Crippen LogP contribution in [0.3, 0.4) is 0 Å². The maximum Gasteiger partial charge on any atom is 0.237 e. The summed E-state index contributed by atoms with van der Waals surface area (Å²) in [5.41, 5.74) is 2.06. The maximum atomic E-state index is 11.9. The number of rotatable bonds is 4. The van der Waals surface area contributed by atoms with E-state index in [4.69, 9.17) is 0 Å². The normalized spacial score (nSPS) is 17.2. The molecule has 0 saturated carbocycles. The molecule has 1 amide bonds. The van der Waals surface area contributed by atoms with Gasteiger partial charge in [-0.3, -0.25) is 4.79 Å². The third kappa shape index (κ3) is 3.83. The molecule has 1 fully saturated rings. The van der Waals surface area contributed by atoms with Gasteiger partial charge in [0.2, 0.25) is 5.91 Å². The monoisotopic (exact) mass is 306 g/mol. The Morgan fingerprint density at radius 3 is 2.86 bits per heavy atom. The van der Waals surface area contributed by atoms with E-state index in [0.29, 0.717) is 6.54 Å². The summed E-state index contributed by atoms with van der Waals surface area (Å²) >= 11 is 0. The molecule has 6 heteroatoms. The minimum Gasteiger partial charge on any atom is -0.348 e. The molecule has 2 aromatic rings. The second kappa shape index (κ2) is 7.24. The number of hydrogen-bond acceptors (Lipinski definition) is 3. The van der Waals surface area contributed by atoms with Gasteiger partial charge in [0.25, 0.3) is 0 Å². The number of amides is 1. The summed E-state index contributed by atoms with van der Waals surface area (Å²) < 4.78 is 0. The topological polar surface area (TPSA) is 69.8 Å². The molecule has 5 nitrogen and oxygen atoms in total. The van der Waals surface area contributed by atoms with Crippen molar-refractivity contribution in [2.45, 2.75) is 25.4 Å². The first-order valence-corrected chi connectivity index (χ1v) is 6.93. The number of nitrogens with one attached hydrogen (secondary N) is 3. The lowest BCUT2D eigenvalue weighted by Gasteiger charge is -2.09. The molecule has 112 valence electrons. The number of aromatic amines is 1. The molecular formula is C15H19ClN4O. The summed E-state index contributed by atoms with van der Waals surface area (Å²) in [4.78, 5) is 19.4. The summed E-state index contributed by atoms with van der Waals surface area (Å²) in [5.74, 6) is 0.829. The summed E-state index contributed by atoms with van der Waals surface area (Å²) in [7, 11) is 0. The van der Waals surface area contributed by atoms with Crippen LogP contribution in [0.25, 0.3) is 11.3 Å². The van der Waals surface area contributed by atoms with Crippen molar-refractivity contribution in [3.8, 4) is 11.3 Å². The zero-order valence-electron chi connectivity index (χ0n) is 11.6. The van der Waals surface area contributed by atoms with Gasteiger partial charge in [0.15, 0.2) is 0 Å². The molecule has 0 spiro atoms. The number of carbonyl (C=O) groups excluding carboxylic acids is 1. The van der Waals surface area contributed by atoms with Crippen molar-refractivity contribution < 1.29 is 4.79 Å². The van der Waals surface area contributed by atoms with Gasteiger partial charge < -0.3 is 15.6 Å². The number of hydrogen-bond donors (Lipinski definition) is 3. The first-order valence-electron chi connectivity index (χ1n) is 6.93.